The van der Waals surface area contributed by atoms with Crippen LogP contribution in [0.15, 0.2) is 108 Å². The number of aromatic nitrogens is 2. The standard InChI is InChI=1S/C27H17BN4O/c1-2-10-18(11-3-1)31-25-19-12-4-9-17-24(19)33-26(25)32-23-16-8-7-15-22(23)30-21-14-6-5-13-20(21)29-27(30)28(31)32/h1-17H. The molecule has 8 rings (SSSR count). The van der Waals surface area contributed by atoms with Gasteiger partial charge < -0.3 is 14.0 Å². The summed E-state index contributed by atoms with van der Waals surface area (Å²) in [5.74, 6) is 0.857. The topological polar surface area (TPSA) is 37.4 Å². The fourth-order valence-electron chi connectivity index (χ4n) is 5.42. The molecule has 4 aromatic carbocycles. The first-order chi connectivity index (χ1) is 16.4. The predicted octanol–water partition coefficient (Wildman–Crippen LogP) is 5.77. The second-order valence-electron chi connectivity index (χ2n) is 8.48. The Labute approximate surface area is 190 Å². The van der Waals surface area contributed by atoms with Crippen molar-refractivity contribution in [1.29, 1.82) is 0 Å². The minimum absolute atomic E-state index is 0.159. The number of fused-ring (bicyclic) bond motifs is 12. The van der Waals surface area contributed by atoms with Gasteiger partial charge in [0.15, 0.2) is 0 Å². The molecule has 154 valence electrons. The van der Waals surface area contributed by atoms with E-state index in [-0.39, 0.29) is 6.98 Å². The third kappa shape index (κ3) is 2.10. The molecule has 0 amide bonds. The van der Waals surface area contributed by atoms with Crippen LogP contribution in [0.25, 0.3) is 27.7 Å². The zero-order valence-corrected chi connectivity index (χ0v) is 17.6. The molecule has 2 aliphatic heterocycles. The zero-order chi connectivity index (χ0) is 21.5. The lowest BCUT2D eigenvalue weighted by atomic mass is 9.69. The molecule has 6 aromatic rings. The minimum Gasteiger partial charge on any atom is -0.439 e. The van der Waals surface area contributed by atoms with Crippen molar-refractivity contribution in [3.63, 3.8) is 0 Å². The van der Waals surface area contributed by atoms with Gasteiger partial charge in [0.1, 0.15) is 17.0 Å². The van der Waals surface area contributed by atoms with Crippen molar-refractivity contribution in [1.82, 2.24) is 9.55 Å². The molecular weight excluding hydrogens is 407 g/mol. The van der Waals surface area contributed by atoms with Gasteiger partial charge in [-0.05, 0) is 48.5 Å². The Kier molecular flexibility index (Phi) is 3.16. The summed E-state index contributed by atoms with van der Waals surface area (Å²) in [6.07, 6.45) is 0. The van der Waals surface area contributed by atoms with Gasteiger partial charge in [-0.25, -0.2) is 4.98 Å². The first-order valence-electron chi connectivity index (χ1n) is 11.1. The van der Waals surface area contributed by atoms with Gasteiger partial charge in [-0.2, -0.15) is 0 Å². The van der Waals surface area contributed by atoms with Crippen molar-refractivity contribution < 1.29 is 4.42 Å². The average molecular weight is 424 g/mol. The van der Waals surface area contributed by atoms with Gasteiger partial charge in [-0.15, -0.1) is 0 Å². The van der Waals surface area contributed by atoms with Crippen molar-refractivity contribution in [2.45, 2.75) is 0 Å². The van der Waals surface area contributed by atoms with Crippen LogP contribution in [0.2, 0.25) is 0 Å². The van der Waals surface area contributed by atoms with Crippen LogP contribution < -0.4 is 15.3 Å². The van der Waals surface area contributed by atoms with Crippen molar-refractivity contribution in [2.24, 2.45) is 0 Å². The first kappa shape index (κ1) is 17.2. The number of para-hydroxylation sites is 6. The third-order valence-corrected chi connectivity index (χ3v) is 6.73. The van der Waals surface area contributed by atoms with E-state index in [9.17, 15) is 0 Å². The largest absolute Gasteiger partial charge is 0.461 e. The monoisotopic (exact) mass is 424 g/mol. The lowest BCUT2D eigenvalue weighted by Crippen LogP contribution is -2.59. The lowest BCUT2D eigenvalue weighted by molar-refractivity contribution is 0.627. The molecular formula is C27H17BN4O. The highest BCUT2D eigenvalue weighted by atomic mass is 16.4. The van der Waals surface area contributed by atoms with Gasteiger partial charge in [0.25, 0.3) is 0 Å². The molecule has 33 heavy (non-hydrogen) atoms. The predicted molar refractivity (Wildman–Crippen MR) is 133 cm³/mol. The SMILES string of the molecule is c1ccc(N2B3c4nc5ccccc5n4-c4ccccc4N3c3oc4ccccc4c32)cc1. The van der Waals surface area contributed by atoms with Gasteiger partial charge in [-0.1, -0.05) is 54.6 Å². The third-order valence-electron chi connectivity index (χ3n) is 6.73. The number of anilines is 4. The molecule has 5 nitrogen and oxygen atoms in total. The van der Waals surface area contributed by atoms with Crippen molar-refractivity contribution in [3.05, 3.63) is 103 Å². The van der Waals surface area contributed by atoms with Crippen LogP contribution in [0.1, 0.15) is 0 Å². The van der Waals surface area contributed by atoms with Crippen LogP contribution in [0, 0.1) is 0 Å². The highest BCUT2D eigenvalue weighted by molar-refractivity contribution is 6.84. The molecule has 0 radical (unpaired) electrons. The maximum absolute atomic E-state index is 6.52. The summed E-state index contributed by atoms with van der Waals surface area (Å²) in [7, 11) is 0. The molecule has 2 aromatic heterocycles. The van der Waals surface area contributed by atoms with Crippen molar-refractivity contribution in [2.75, 3.05) is 9.62 Å². The smallest absolute Gasteiger partial charge is 0.439 e. The molecule has 0 spiro atoms. The Bertz CT molecular complexity index is 1700. The maximum atomic E-state index is 6.52. The van der Waals surface area contributed by atoms with Gasteiger partial charge in [0.2, 0.25) is 5.88 Å². The van der Waals surface area contributed by atoms with Crippen LogP contribution in [-0.2, 0) is 0 Å². The maximum Gasteiger partial charge on any atom is 0.461 e. The van der Waals surface area contributed by atoms with E-state index in [1.54, 1.807) is 0 Å². The molecule has 0 aliphatic carbocycles. The van der Waals surface area contributed by atoms with Crippen LogP contribution >= 0.6 is 0 Å². The average Bonchev–Trinajstić information content (AvgIpc) is 3.53. The van der Waals surface area contributed by atoms with E-state index in [0.29, 0.717) is 0 Å². The molecule has 4 heterocycles. The molecule has 0 N–H and O–H groups in total. The Morgan fingerprint density at radius 2 is 1.39 bits per heavy atom. The second kappa shape index (κ2) is 6.08. The van der Waals surface area contributed by atoms with Gasteiger partial charge >= 0.3 is 6.98 Å². The number of furan rings is 1. The van der Waals surface area contributed by atoms with E-state index in [1.807, 2.05) is 18.2 Å². The summed E-state index contributed by atoms with van der Waals surface area (Å²) in [5.41, 5.74) is 8.38. The summed E-state index contributed by atoms with van der Waals surface area (Å²) in [6.45, 7) is -0.159. The number of hydrogen-bond acceptors (Lipinski definition) is 4. The fraction of sp³-hybridized carbons (Fsp3) is 0. The molecule has 0 atom stereocenters. The summed E-state index contributed by atoms with van der Waals surface area (Å²) in [6, 6.07) is 35.7. The van der Waals surface area contributed by atoms with Gasteiger partial charge in [-0.3, -0.25) is 4.57 Å². The molecule has 2 aliphatic rings. The zero-order valence-electron chi connectivity index (χ0n) is 17.6. The Balaban J connectivity index is 1.52. The van der Waals surface area contributed by atoms with Gasteiger partial charge in [0.05, 0.1) is 22.4 Å². The lowest BCUT2D eigenvalue weighted by Gasteiger charge is -2.34. The van der Waals surface area contributed by atoms with E-state index in [2.05, 4.69) is 99.1 Å². The Hall–Kier alpha value is -4.45. The number of nitrogens with zero attached hydrogens (tertiary/aromatic N) is 4. The number of benzene rings is 4. The molecule has 0 bridgehead atoms. The van der Waals surface area contributed by atoms with E-state index in [0.717, 1.165) is 56.4 Å². The first-order valence-corrected chi connectivity index (χ1v) is 11.1. The normalized spacial score (nSPS) is 13.9. The molecule has 0 saturated heterocycles. The number of rotatable bonds is 1. The highest BCUT2D eigenvalue weighted by Gasteiger charge is 2.53. The molecule has 0 unspecified atom stereocenters. The summed E-state index contributed by atoms with van der Waals surface area (Å²) < 4.78 is 8.83. The van der Waals surface area contributed by atoms with Crippen molar-refractivity contribution >= 4 is 57.7 Å². The quantitative estimate of drug-likeness (QED) is 0.314. The molecule has 0 fully saturated rings. The van der Waals surface area contributed by atoms with E-state index < -0.39 is 0 Å². The number of imidazole rings is 1. The Morgan fingerprint density at radius 1 is 0.667 bits per heavy atom. The summed E-state index contributed by atoms with van der Waals surface area (Å²) in [5, 5.41) is 1.10. The molecule has 0 saturated carbocycles. The minimum atomic E-state index is -0.159. The van der Waals surface area contributed by atoms with E-state index in [4.69, 9.17) is 9.40 Å². The van der Waals surface area contributed by atoms with Crippen LogP contribution in [0.5, 0.6) is 0 Å². The van der Waals surface area contributed by atoms with Gasteiger partial charge in [0, 0.05) is 11.1 Å². The van der Waals surface area contributed by atoms with Crippen molar-refractivity contribution in [3.8, 4) is 5.69 Å². The Morgan fingerprint density at radius 3 is 2.30 bits per heavy atom. The molecule has 6 heteroatoms. The fourth-order valence-corrected chi connectivity index (χ4v) is 5.42. The highest BCUT2D eigenvalue weighted by Crippen LogP contribution is 2.53. The van der Waals surface area contributed by atoms with Crippen LogP contribution in [0.3, 0.4) is 0 Å². The number of hydrogen-bond donors (Lipinski definition) is 0. The van der Waals surface area contributed by atoms with Crippen LogP contribution in [0.4, 0.5) is 22.9 Å². The van der Waals surface area contributed by atoms with E-state index >= 15 is 0 Å². The van der Waals surface area contributed by atoms with Crippen LogP contribution in [-0.4, -0.2) is 16.5 Å². The summed E-state index contributed by atoms with van der Waals surface area (Å²) >= 11 is 0. The second-order valence-corrected chi connectivity index (χ2v) is 8.48. The van der Waals surface area contributed by atoms with E-state index in [1.165, 1.54) is 0 Å². The summed E-state index contributed by atoms with van der Waals surface area (Å²) in [4.78, 5) is 9.83.